The zero-order valence-corrected chi connectivity index (χ0v) is 11.7. The van der Waals surface area contributed by atoms with Crippen molar-refractivity contribution in [2.24, 2.45) is 0 Å². The van der Waals surface area contributed by atoms with Gasteiger partial charge in [-0.3, -0.25) is 4.98 Å². The molecule has 2 nitrogen and oxygen atoms in total. The molecule has 0 aliphatic heterocycles. The molecule has 0 radical (unpaired) electrons. The Morgan fingerprint density at radius 2 is 1.55 bits per heavy atom. The minimum absolute atomic E-state index is 0.624. The molecule has 2 aromatic carbocycles. The van der Waals surface area contributed by atoms with E-state index in [9.17, 15) is 5.11 Å². The second-order valence-corrected chi connectivity index (χ2v) is 5.15. The molecule has 1 unspecified atom stereocenters. The highest BCUT2D eigenvalue weighted by Gasteiger charge is 2.14. The van der Waals surface area contributed by atoms with Crippen molar-refractivity contribution in [3.8, 4) is 0 Å². The van der Waals surface area contributed by atoms with Gasteiger partial charge in [-0.25, -0.2) is 0 Å². The van der Waals surface area contributed by atoms with E-state index < -0.39 is 6.10 Å². The van der Waals surface area contributed by atoms with Crippen LogP contribution >= 0.6 is 0 Å². The van der Waals surface area contributed by atoms with Crippen molar-refractivity contribution in [3.63, 3.8) is 0 Å². The van der Waals surface area contributed by atoms with Crippen LogP contribution in [0.2, 0.25) is 0 Å². The van der Waals surface area contributed by atoms with Crippen LogP contribution in [0.1, 0.15) is 28.6 Å². The quantitative estimate of drug-likeness (QED) is 0.760. The lowest BCUT2D eigenvalue weighted by Crippen LogP contribution is -2.02. The highest BCUT2D eigenvalue weighted by molar-refractivity contribution is 5.86. The van der Waals surface area contributed by atoms with Gasteiger partial charge in [0.2, 0.25) is 0 Å². The SMILES string of the molecule is Cc1cc(C(O)c2cccc3ccccc23)cc(C)n1. The number of rotatable bonds is 2. The van der Waals surface area contributed by atoms with Crippen molar-refractivity contribution in [1.82, 2.24) is 4.98 Å². The lowest BCUT2D eigenvalue weighted by molar-refractivity contribution is 0.221. The second kappa shape index (κ2) is 5.06. The minimum Gasteiger partial charge on any atom is -0.384 e. The summed E-state index contributed by atoms with van der Waals surface area (Å²) in [6.07, 6.45) is -0.624. The predicted molar refractivity (Wildman–Crippen MR) is 81.7 cm³/mol. The number of pyridine rings is 1. The first-order chi connectivity index (χ1) is 9.65. The summed E-state index contributed by atoms with van der Waals surface area (Å²) in [5.74, 6) is 0. The van der Waals surface area contributed by atoms with E-state index in [0.29, 0.717) is 0 Å². The van der Waals surface area contributed by atoms with E-state index in [4.69, 9.17) is 0 Å². The van der Waals surface area contributed by atoms with Gasteiger partial charge in [0.15, 0.2) is 0 Å². The molecule has 0 saturated carbocycles. The molecule has 100 valence electrons. The van der Waals surface area contributed by atoms with Crippen LogP contribution in [0.15, 0.2) is 54.6 Å². The van der Waals surface area contributed by atoms with Gasteiger partial charge in [0.1, 0.15) is 6.10 Å². The number of aryl methyl sites for hydroxylation is 2. The number of hydrogen-bond donors (Lipinski definition) is 1. The lowest BCUT2D eigenvalue weighted by atomic mass is 9.95. The van der Waals surface area contributed by atoms with Gasteiger partial charge in [-0.05, 0) is 47.9 Å². The summed E-state index contributed by atoms with van der Waals surface area (Å²) >= 11 is 0. The zero-order chi connectivity index (χ0) is 14.1. The Morgan fingerprint density at radius 3 is 2.30 bits per heavy atom. The molecule has 1 aromatic heterocycles. The second-order valence-electron chi connectivity index (χ2n) is 5.15. The van der Waals surface area contributed by atoms with Gasteiger partial charge < -0.3 is 5.11 Å². The summed E-state index contributed by atoms with van der Waals surface area (Å²) in [5.41, 5.74) is 3.69. The summed E-state index contributed by atoms with van der Waals surface area (Å²) in [4.78, 5) is 4.36. The van der Waals surface area contributed by atoms with Gasteiger partial charge in [0.25, 0.3) is 0 Å². The fraction of sp³-hybridized carbons (Fsp3) is 0.167. The number of aromatic nitrogens is 1. The Hall–Kier alpha value is -2.19. The van der Waals surface area contributed by atoms with Crippen LogP contribution in [0.5, 0.6) is 0 Å². The van der Waals surface area contributed by atoms with Gasteiger partial charge in [-0.15, -0.1) is 0 Å². The van der Waals surface area contributed by atoms with Crippen LogP contribution in [0.25, 0.3) is 10.8 Å². The molecule has 1 atom stereocenters. The Balaban J connectivity index is 2.15. The Labute approximate surface area is 118 Å². The third-order valence-electron chi connectivity index (χ3n) is 3.54. The van der Waals surface area contributed by atoms with Gasteiger partial charge in [-0.2, -0.15) is 0 Å². The molecule has 2 heteroatoms. The fourth-order valence-corrected chi connectivity index (χ4v) is 2.69. The summed E-state index contributed by atoms with van der Waals surface area (Å²) in [6.45, 7) is 3.90. The molecule has 20 heavy (non-hydrogen) atoms. The Bertz CT molecular complexity index is 739. The third-order valence-corrected chi connectivity index (χ3v) is 3.54. The number of benzene rings is 2. The average Bonchev–Trinajstić information content (AvgIpc) is 2.45. The molecule has 1 heterocycles. The smallest absolute Gasteiger partial charge is 0.105 e. The molecule has 0 bridgehead atoms. The van der Waals surface area contributed by atoms with Crippen LogP contribution in [-0.4, -0.2) is 10.1 Å². The lowest BCUT2D eigenvalue weighted by Gasteiger charge is -2.15. The predicted octanol–water partition coefficient (Wildman–Crippen LogP) is 3.93. The van der Waals surface area contributed by atoms with Gasteiger partial charge in [0, 0.05) is 11.4 Å². The molecule has 0 spiro atoms. The molecular weight excluding hydrogens is 246 g/mol. The summed E-state index contributed by atoms with van der Waals surface area (Å²) in [6, 6.07) is 18.1. The average molecular weight is 263 g/mol. The van der Waals surface area contributed by atoms with E-state index in [1.807, 2.05) is 50.2 Å². The Kier molecular flexibility index (Phi) is 3.25. The molecular formula is C18H17NO. The maximum atomic E-state index is 10.7. The molecule has 0 aliphatic rings. The molecule has 0 fully saturated rings. The topological polar surface area (TPSA) is 33.1 Å². The normalized spacial score (nSPS) is 12.6. The van der Waals surface area contributed by atoms with Gasteiger partial charge >= 0.3 is 0 Å². The van der Waals surface area contributed by atoms with Crippen LogP contribution in [-0.2, 0) is 0 Å². The third kappa shape index (κ3) is 2.30. The maximum Gasteiger partial charge on any atom is 0.105 e. The van der Waals surface area contributed by atoms with Crippen molar-refractivity contribution in [3.05, 3.63) is 77.1 Å². The van der Waals surface area contributed by atoms with Crippen molar-refractivity contribution >= 4 is 10.8 Å². The number of fused-ring (bicyclic) bond motifs is 1. The first-order valence-electron chi connectivity index (χ1n) is 6.76. The minimum atomic E-state index is -0.624. The van der Waals surface area contributed by atoms with Crippen LogP contribution < -0.4 is 0 Å². The summed E-state index contributed by atoms with van der Waals surface area (Å²) < 4.78 is 0. The maximum absolute atomic E-state index is 10.7. The van der Waals surface area contributed by atoms with Crippen molar-refractivity contribution in [1.29, 1.82) is 0 Å². The van der Waals surface area contributed by atoms with Crippen LogP contribution in [0.3, 0.4) is 0 Å². The standard InChI is InChI=1S/C18H17NO/c1-12-10-15(11-13(2)19-12)18(20)17-9-5-7-14-6-3-4-8-16(14)17/h3-11,18,20H,1-2H3. The van der Waals surface area contributed by atoms with Crippen LogP contribution in [0.4, 0.5) is 0 Å². The highest BCUT2D eigenvalue weighted by Crippen LogP contribution is 2.29. The van der Waals surface area contributed by atoms with Gasteiger partial charge in [-0.1, -0.05) is 42.5 Å². The van der Waals surface area contributed by atoms with Crippen molar-refractivity contribution < 1.29 is 5.11 Å². The summed E-state index contributed by atoms with van der Waals surface area (Å²) in [7, 11) is 0. The first kappa shape index (κ1) is 12.8. The molecule has 3 aromatic rings. The largest absolute Gasteiger partial charge is 0.384 e. The van der Waals surface area contributed by atoms with Crippen molar-refractivity contribution in [2.75, 3.05) is 0 Å². The van der Waals surface area contributed by atoms with E-state index in [1.165, 1.54) is 0 Å². The van der Waals surface area contributed by atoms with Crippen LogP contribution in [0, 0.1) is 13.8 Å². The van der Waals surface area contributed by atoms with E-state index >= 15 is 0 Å². The molecule has 0 amide bonds. The number of hydrogen-bond acceptors (Lipinski definition) is 2. The molecule has 0 aliphatic carbocycles. The highest BCUT2D eigenvalue weighted by atomic mass is 16.3. The Morgan fingerprint density at radius 1 is 0.900 bits per heavy atom. The van der Waals surface area contributed by atoms with E-state index in [1.54, 1.807) is 0 Å². The number of aliphatic hydroxyl groups excluding tert-OH is 1. The summed E-state index contributed by atoms with van der Waals surface area (Å²) in [5, 5.41) is 12.9. The molecule has 1 N–H and O–H groups in total. The molecule has 0 saturated heterocycles. The van der Waals surface area contributed by atoms with Crippen molar-refractivity contribution in [2.45, 2.75) is 20.0 Å². The number of nitrogens with zero attached hydrogens (tertiary/aromatic N) is 1. The zero-order valence-electron chi connectivity index (χ0n) is 11.7. The monoisotopic (exact) mass is 263 g/mol. The molecule has 3 rings (SSSR count). The first-order valence-corrected chi connectivity index (χ1v) is 6.76. The van der Waals surface area contributed by atoms with E-state index in [-0.39, 0.29) is 0 Å². The fourth-order valence-electron chi connectivity index (χ4n) is 2.69. The van der Waals surface area contributed by atoms with E-state index in [2.05, 4.69) is 23.2 Å². The number of aliphatic hydroxyl groups is 1. The van der Waals surface area contributed by atoms with E-state index in [0.717, 1.165) is 33.3 Å². The van der Waals surface area contributed by atoms with Gasteiger partial charge in [0.05, 0.1) is 0 Å².